The summed E-state index contributed by atoms with van der Waals surface area (Å²) in [4.78, 5) is 4.53. The summed E-state index contributed by atoms with van der Waals surface area (Å²) in [6.45, 7) is 0.653. The molecule has 2 nitrogen and oxygen atoms in total. The number of hydrogen-bond acceptors (Lipinski definition) is 3. The third-order valence-electron chi connectivity index (χ3n) is 2.02. The van der Waals surface area contributed by atoms with Gasteiger partial charge in [-0.3, -0.25) is 4.98 Å². The molecule has 0 fully saturated rings. The van der Waals surface area contributed by atoms with Crippen LogP contribution in [0.15, 0.2) is 35.0 Å². The Kier molecular flexibility index (Phi) is 2.91. The number of aromatic nitrogens is 1. The van der Waals surface area contributed by atoms with Crippen LogP contribution in [0.1, 0.15) is 5.69 Å². The maximum Gasteiger partial charge on any atom is 0.0713 e. The third kappa shape index (κ3) is 2.00. The number of nitrogens with zero attached hydrogens (tertiary/aromatic N) is 1. The molecule has 0 bridgehead atoms. The maximum atomic E-state index is 5.49. The lowest BCUT2D eigenvalue weighted by atomic mass is 10.2. The van der Waals surface area contributed by atoms with Gasteiger partial charge in [0.15, 0.2) is 0 Å². The lowest BCUT2D eigenvalue weighted by Gasteiger charge is -2.01. The van der Waals surface area contributed by atoms with Crippen LogP contribution < -0.4 is 5.73 Å². The molecule has 2 rings (SSSR count). The molecule has 2 aromatic rings. The molecule has 72 valence electrons. The Hall–Kier alpha value is -1.19. The van der Waals surface area contributed by atoms with Crippen molar-refractivity contribution < 1.29 is 0 Å². The summed E-state index contributed by atoms with van der Waals surface area (Å²) in [5.41, 5.74) is 8.79. The predicted octanol–water partition coefficient (Wildman–Crippen LogP) is 2.31. The summed E-state index contributed by atoms with van der Waals surface area (Å²) >= 11 is 1.69. The lowest BCUT2D eigenvalue weighted by molar-refractivity contribution is 0.925. The van der Waals surface area contributed by atoms with Gasteiger partial charge in [-0.15, -0.1) is 0 Å². The van der Waals surface area contributed by atoms with Gasteiger partial charge in [0.25, 0.3) is 0 Å². The van der Waals surface area contributed by atoms with Gasteiger partial charge in [0.2, 0.25) is 0 Å². The van der Waals surface area contributed by atoms with Gasteiger partial charge in [-0.1, -0.05) is 6.07 Å². The van der Waals surface area contributed by atoms with Crippen LogP contribution in [0.4, 0.5) is 0 Å². The van der Waals surface area contributed by atoms with Crippen molar-refractivity contribution in [2.75, 3.05) is 6.54 Å². The monoisotopic (exact) mass is 204 g/mol. The van der Waals surface area contributed by atoms with Crippen molar-refractivity contribution in [1.82, 2.24) is 4.98 Å². The standard InChI is InChI=1S/C11H12N2S/c12-6-4-10-2-1-3-11(13-10)9-5-7-14-8-9/h1-3,5,7-8H,4,6,12H2. The highest BCUT2D eigenvalue weighted by Crippen LogP contribution is 2.19. The van der Waals surface area contributed by atoms with Gasteiger partial charge in [0, 0.05) is 23.1 Å². The Morgan fingerprint density at radius 1 is 1.29 bits per heavy atom. The number of pyridine rings is 1. The van der Waals surface area contributed by atoms with Crippen LogP contribution in [0.2, 0.25) is 0 Å². The highest BCUT2D eigenvalue weighted by molar-refractivity contribution is 7.08. The van der Waals surface area contributed by atoms with Crippen molar-refractivity contribution in [1.29, 1.82) is 0 Å². The van der Waals surface area contributed by atoms with Gasteiger partial charge in [0.1, 0.15) is 0 Å². The molecule has 14 heavy (non-hydrogen) atoms. The molecule has 0 unspecified atom stereocenters. The average Bonchev–Trinajstić information content (AvgIpc) is 2.71. The highest BCUT2D eigenvalue weighted by Gasteiger charge is 2.00. The molecule has 2 N–H and O–H groups in total. The smallest absolute Gasteiger partial charge is 0.0713 e. The van der Waals surface area contributed by atoms with Crippen molar-refractivity contribution in [3.05, 3.63) is 40.7 Å². The molecule has 3 heteroatoms. The van der Waals surface area contributed by atoms with E-state index >= 15 is 0 Å². The van der Waals surface area contributed by atoms with E-state index in [1.807, 2.05) is 18.2 Å². The minimum atomic E-state index is 0.653. The summed E-state index contributed by atoms with van der Waals surface area (Å²) in [6, 6.07) is 8.16. The van der Waals surface area contributed by atoms with Gasteiger partial charge < -0.3 is 5.73 Å². The zero-order valence-electron chi connectivity index (χ0n) is 7.81. The Morgan fingerprint density at radius 3 is 2.93 bits per heavy atom. The van der Waals surface area contributed by atoms with Crippen LogP contribution in [0, 0.1) is 0 Å². The summed E-state index contributed by atoms with van der Waals surface area (Å²) in [5.74, 6) is 0. The van der Waals surface area contributed by atoms with Crippen molar-refractivity contribution in [3.63, 3.8) is 0 Å². The molecule has 0 aliphatic carbocycles. The molecule has 2 heterocycles. The van der Waals surface area contributed by atoms with E-state index < -0.39 is 0 Å². The molecular weight excluding hydrogens is 192 g/mol. The second kappa shape index (κ2) is 4.35. The van der Waals surface area contributed by atoms with E-state index in [0.29, 0.717) is 6.54 Å². The van der Waals surface area contributed by atoms with Crippen LogP contribution in [-0.4, -0.2) is 11.5 Å². The van der Waals surface area contributed by atoms with Gasteiger partial charge >= 0.3 is 0 Å². The topological polar surface area (TPSA) is 38.9 Å². The van der Waals surface area contributed by atoms with Gasteiger partial charge in [0.05, 0.1) is 5.69 Å². The zero-order chi connectivity index (χ0) is 9.80. The third-order valence-corrected chi connectivity index (χ3v) is 2.71. The first-order chi connectivity index (χ1) is 6.90. The summed E-state index contributed by atoms with van der Waals surface area (Å²) in [6.07, 6.45) is 0.845. The Morgan fingerprint density at radius 2 is 2.21 bits per heavy atom. The molecule has 0 aliphatic heterocycles. The fraction of sp³-hybridized carbons (Fsp3) is 0.182. The minimum Gasteiger partial charge on any atom is -0.330 e. The van der Waals surface area contributed by atoms with Gasteiger partial charge in [-0.05, 0) is 30.1 Å². The van der Waals surface area contributed by atoms with Crippen molar-refractivity contribution >= 4 is 11.3 Å². The highest BCUT2D eigenvalue weighted by atomic mass is 32.1. The van der Waals surface area contributed by atoms with Crippen LogP contribution >= 0.6 is 11.3 Å². The molecule has 2 aromatic heterocycles. The largest absolute Gasteiger partial charge is 0.330 e. The number of thiophene rings is 1. The molecule has 0 amide bonds. The van der Waals surface area contributed by atoms with Crippen LogP contribution in [0.25, 0.3) is 11.3 Å². The SMILES string of the molecule is NCCc1cccc(-c2ccsc2)n1. The van der Waals surface area contributed by atoms with Crippen molar-refractivity contribution in [2.45, 2.75) is 6.42 Å². The Bertz CT molecular complexity index is 395. The molecular formula is C11H12N2S. The van der Waals surface area contributed by atoms with E-state index in [1.165, 1.54) is 5.56 Å². The van der Waals surface area contributed by atoms with E-state index in [0.717, 1.165) is 17.8 Å². The molecule has 0 spiro atoms. The molecule has 0 aromatic carbocycles. The zero-order valence-corrected chi connectivity index (χ0v) is 8.63. The van der Waals surface area contributed by atoms with Crippen LogP contribution in [0.3, 0.4) is 0 Å². The van der Waals surface area contributed by atoms with Crippen LogP contribution in [-0.2, 0) is 6.42 Å². The van der Waals surface area contributed by atoms with Crippen LogP contribution in [0.5, 0.6) is 0 Å². The predicted molar refractivity (Wildman–Crippen MR) is 60.3 cm³/mol. The first-order valence-corrected chi connectivity index (χ1v) is 5.53. The minimum absolute atomic E-state index is 0.653. The number of rotatable bonds is 3. The molecule has 0 atom stereocenters. The van der Waals surface area contributed by atoms with E-state index in [2.05, 4.69) is 21.8 Å². The van der Waals surface area contributed by atoms with Crippen molar-refractivity contribution in [3.8, 4) is 11.3 Å². The maximum absolute atomic E-state index is 5.49. The van der Waals surface area contributed by atoms with Crippen molar-refractivity contribution in [2.24, 2.45) is 5.73 Å². The first kappa shape index (κ1) is 9.37. The summed E-state index contributed by atoms with van der Waals surface area (Å²) < 4.78 is 0. The fourth-order valence-electron chi connectivity index (χ4n) is 1.34. The van der Waals surface area contributed by atoms with E-state index in [1.54, 1.807) is 11.3 Å². The number of hydrogen-bond donors (Lipinski definition) is 1. The van der Waals surface area contributed by atoms with E-state index in [-0.39, 0.29) is 0 Å². The van der Waals surface area contributed by atoms with E-state index in [4.69, 9.17) is 5.73 Å². The Labute approximate surface area is 87.4 Å². The van der Waals surface area contributed by atoms with Gasteiger partial charge in [-0.2, -0.15) is 11.3 Å². The first-order valence-electron chi connectivity index (χ1n) is 4.59. The normalized spacial score (nSPS) is 10.4. The van der Waals surface area contributed by atoms with E-state index in [9.17, 15) is 0 Å². The lowest BCUT2D eigenvalue weighted by Crippen LogP contribution is -2.04. The molecule has 0 saturated heterocycles. The fourth-order valence-corrected chi connectivity index (χ4v) is 1.99. The molecule has 0 saturated carbocycles. The second-order valence-electron chi connectivity index (χ2n) is 3.06. The summed E-state index contributed by atoms with van der Waals surface area (Å²) in [7, 11) is 0. The Balaban J connectivity index is 2.31. The van der Waals surface area contributed by atoms with Gasteiger partial charge in [-0.25, -0.2) is 0 Å². The summed E-state index contributed by atoms with van der Waals surface area (Å²) in [5, 5.41) is 4.17. The quantitative estimate of drug-likeness (QED) is 0.833. The molecule has 0 aliphatic rings. The number of nitrogens with two attached hydrogens (primary N) is 1. The molecule has 0 radical (unpaired) electrons. The second-order valence-corrected chi connectivity index (χ2v) is 3.84. The average molecular weight is 204 g/mol.